The Hall–Kier alpha value is -2.36. The van der Waals surface area contributed by atoms with Crippen molar-refractivity contribution in [3.63, 3.8) is 0 Å². The minimum absolute atomic E-state index is 0.127. The van der Waals surface area contributed by atoms with Crippen molar-refractivity contribution in [3.05, 3.63) is 54.4 Å². The minimum atomic E-state index is -0.127. The van der Waals surface area contributed by atoms with Gasteiger partial charge in [-0.15, -0.1) is 0 Å². The van der Waals surface area contributed by atoms with Crippen molar-refractivity contribution in [2.45, 2.75) is 26.3 Å². The minimum Gasteiger partial charge on any atom is -0.348 e. The van der Waals surface area contributed by atoms with E-state index in [1.54, 1.807) is 12.3 Å². The molecule has 1 amide bonds. The molecule has 2 aromatic rings. The zero-order chi connectivity index (χ0) is 15.2. The summed E-state index contributed by atoms with van der Waals surface area (Å²) in [6.07, 6.45) is 2.62. The molecule has 4 heteroatoms. The summed E-state index contributed by atoms with van der Waals surface area (Å²) in [6.45, 7) is 4.02. The second kappa shape index (κ2) is 6.88. The molecule has 1 aromatic carbocycles. The smallest absolute Gasteiger partial charge is 0.270 e. The van der Waals surface area contributed by atoms with Crippen LogP contribution in [0, 0.1) is 0 Å². The van der Waals surface area contributed by atoms with E-state index in [1.807, 2.05) is 62.2 Å². The van der Waals surface area contributed by atoms with Gasteiger partial charge in [0.05, 0.1) is 11.9 Å². The first-order valence-electron chi connectivity index (χ1n) is 7.17. The van der Waals surface area contributed by atoms with E-state index in [0.717, 1.165) is 17.8 Å². The van der Waals surface area contributed by atoms with Gasteiger partial charge in [0, 0.05) is 18.8 Å². The molecule has 1 aromatic heterocycles. The predicted molar refractivity (Wildman–Crippen MR) is 86.0 cm³/mol. The summed E-state index contributed by atoms with van der Waals surface area (Å²) < 4.78 is 0. The van der Waals surface area contributed by atoms with Gasteiger partial charge in [-0.05, 0) is 37.6 Å². The molecule has 0 aliphatic heterocycles. The lowest BCUT2D eigenvalue weighted by molar-refractivity contribution is 0.0934. The Morgan fingerprint density at radius 1 is 1.19 bits per heavy atom. The van der Waals surface area contributed by atoms with Crippen molar-refractivity contribution < 1.29 is 4.79 Å². The van der Waals surface area contributed by atoms with Crippen molar-refractivity contribution in [2.24, 2.45) is 0 Å². The number of carbonyl (C=O) groups is 1. The molecule has 0 bridgehead atoms. The molecule has 0 saturated carbocycles. The summed E-state index contributed by atoms with van der Waals surface area (Å²) in [5.41, 5.74) is 2.47. The molecule has 0 spiro atoms. The van der Waals surface area contributed by atoms with Crippen molar-refractivity contribution in [2.75, 3.05) is 11.9 Å². The van der Waals surface area contributed by atoms with E-state index < -0.39 is 0 Å². The van der Waals surface area contributed by atoms with Crippen LogP contribution >= 0.6 is 0 Å². The predicted octanol–water partition coefficient (Wildman–Crippen LogP) is 3.38. The number of benzene rings is 1. The molecule has 1 atom stereocenters. The highest BCUT2D eigenvalue weighted by atomic mass is 16.1. The normalized spacial score (nSPS) is 11.8. The first kappa shape index (κ1) is 15.0. The van der Waals surface area contributed by atoms with Crippen LogP contribution < -0.4 is 10.2 Å². The molecule has 1 unspecified atom stereocenters. The highest BCUT2D eigenvalue weighted by Gasteiger charge is 2.11. The summed E-state index contributed by atoms with van der Waals surface area (Å²) in [4.78, 5) is 18.3. The van der Waals surface area contributed by atoms with Crippen molar-refractivity contribution in [1.29, 1.82) is 0 Å². The monoisotopic (exact) mass is 283 g/mol. The van der Waals surface area contributed by atoms with Crippen LogP contribution in [0.2, 0.25) is 0 Å². The number of pyridine rings is 1. The first-order valence-corrected chi connectivity index (χ1v) is 7.17. The van der Waals surface area contributed by atoms with E-state index >= 15 is 0 Å². The number of hydrogen-bond acceptors (Lipinski definition) is 3. The van der Waals surface area contributed by atoms with E-state index in [1.165, 1.54) is 0 Å². The molecule has 110 valence electrons. The molecule has 2 rings (SSSR count). The van der Waals surface area contributed by atoms with Crippen LogP contribution in [0.5, 0.6) is 0 Å². The largest absolute Gasteiger partial charge is 0.348 e. The number of amides is 1. The third kappa shape index (κ3) is 3.81. The van der Waals surface area contributed by atoms with Crippen molar-refractivity contribution in [3.8, 4) is 0 Å². The fraction of sp³-hybridized carbons (Fsp3) is 0.294. The van der Waals surface area contributed by atoms with Crippen LogP contribution in [-0.2, 0) is 0 Å². The van der Waals surface area contributed by atoms with E-state index in [9.17, 15) is 4.79 Å². The zero-order valence-electron chi connectivity index (χ0n) is 12.7. The van der Waals surface area contributed by atoms with Gasteiger partial charge in [-0.2, -0.15) is 0 Å². The molecule has 21 heavy (non-hydrogen) atoms. The van der Waals surface area contributed by atoms with Gasteiger partial charge in [0.2, 0.25) is 0 Å². The number of carbonyl (C=O) groups excluding carboxylic acids is 1. The molecule has 0 radical (unpaired) electrons. The molecule has 1 heterocycles. The third-order valence-electron chi connectivity index (χ3n) is 3.50. The van der Waals surface area contributed by atoms with Crippen LogP contribution in [0.15, 0.2) is 48.7 Å². The van der Waals surface area contributed by atoms with Crippen LogP contribution in [0.25, 0.3) is 0 Å². The number of anilines is 2. The average molecular weight is 283 g/mol. The maximum absolute atomic E-state index is 12.0. The van der Waals surface area contributed by atoms with E-state index in [0.29, 0.717) is 5.69 Å². The Morgan fingerprint density at radius 2 is 1.90 bits per heavy atom. The first-order chi connectivity index (χ1) is 10.1. The van der Waals surface area contributed by atoms with Gasteiger partial charge in [0.15, 0.2) is 0 Å². The van der Waals surface area contributed by atoms with Gasteiger partial charge >= 0.3 is 0 Å². The maximum atomic E-state index is 12.0. The summed E-state index contributed by atoms with van der Waals surface area (Å²) in [5, 5.41) is 2.91. The highest BCUT2D eigenvalue weighted by Crippen LogP contribution is 2.22. The van der Waals surface area contributed by atoms with Crippen LogP contribution in [0.1, 0.15) is 30.8 Å². The number of aromatic nitrogens is 1. The maximum Gasteiger partial charge on any atom is 0.270 e. The number of para-hydroxylation sites is 1. The standard InChI is InChI=1S/C17H21N3O/c1-4-13(2)19-17(21)16-11-10-15(12-18-16)20(3)14-8-6-5-7-9-14/h5-13H,4H2,1-3H3,(H,19,21). The average Bonchev–Trinajstić information content (AvgIpc) is 2.55. The number of nitrogens with zero attached hydrogens (tertiary/aromatic N) is 2. The van der Waals surface area contributed by atoms with Gasteiger partial charge in [-0.25, -0.2) is 4.98 Å². The SMILES string of the molecule is CCC(C)NC(=O)c1ccc(N(C)c2ccccc2)cn1. The lowest BCUT2D eigenvalue weighted by Gasteiger charge is -2.19. The van der Waals surface area contributed by atoms with Gasteiger partial charge in [0.1, 0.15) is 5.69 Å². The van der Waals surface area contributed by atoms with E-state index in [2.05, 4.69) is 10.3 Å². The Morgan fingerprint density at radius 3 is 2.48 bits per heavy atom. The zero-order valence-corrected chi connectivity index (χ0v) is 12.7. The molecular formula is C17H21N3O. The van der Waals surface area contributed by atoms with Crippen molar-refractivity contribution >= 4 is 17.3 Å². The number of hydrogen-bond donors (Lipinski definition) is 1. The van der Waals surface area contributed by atoms with Gasteiger partial charge in [0.25, 0.3) is 5.91 Å². The Kier molecular flexibility index (Phi) is 4.93. The molecule has 1 N–H and O–H groups in total. The molecule has 0 aliphatic carbocycles. The quantitative estimate of drug-likeness (QED) is 0.915. The topological polar surface area (TPSA) is 45.2 Å². The summed E-state index contributed by atoms with van der Waals surface area (Å²) in [7, 11) is 1.98. The highest BCUT2D eigenvalue weighted by molar-refractivity contribution is 5.92. The second-order valence-corrected chi connectivity index (χ2v) is 5.08. The summed E-state index contributed by atoms with van der Waals surface area (Å²) >= 11 is 0. The van der Waals surface area contributed by atoms with Crippen molar-refractivity contribution in [1.82, 2.24) is 10.3 Å². The Labute approximate surface area is 125 Å². The fourth-order valence-electron chi connectivity index (χ4n) is 1.92. The number of rotatable bonds is 5. The number of nitrogens with one attached hydrogen (secondary N) is 1. The lowest BCUT2D eigenvalue weighted by Crippen LogP contribution is -2.32. The van der Waals surface area contributed by atoms with Crippen LogP contribution in [0.4, 0.5) is 11.4 Å². The van der Waals surface area contributed by atoms with Crippen LogP contribution in [-0.4, -0.2) is 24.0 Å². The van der Waals surface area contributed by atoms with Gasteiger partial charge in [-0.3, -0.25) is 4.79 Å². The molecular weight excluding hydrogens is 262 g/mol. The summed E-state index contributed by atoms with van der Waals surface area (Å²) in [5.74, 6) is -0.127. The fourth-order valence-corrected chi connectivity index (χ4v) is 1.92. The van der Waals surface area contributed by atoms with E-state index in [4.69, 9.17) is 0 Å². The van der Waals surface area contributed by atoms with Gasteiger partial charge < -0.3 is 10.2 Å². The Balaban J connectivity index is 2.10. The second-order valence-electron chi connectivity index (χ2n) is 5.08. The molecule has 0 saturated heterocycles. The summed E-state index contributed by atoms with van der Waals surface area (Å²) in [6, 6.07) is 13.9. The van der Waals surface area contributed by atoms with E-state index in [-0.39, 0.29) is 11.9 Å². The molecule has 0 fully saturated rings. The van der Waals surface area contributed by atoms with Crippen LogP contribution in [0.3, 0.4) is 0 Å². The lowest BCUT2D eigenvalue weighted by atomic mass is 10.2. The van der Waals surface area contributed by atoms with Gasteiger partial charge in [-0.1, -0.05) is 25.1 Å². The molecule has 0 aliphatic rings. The molecule has 4 nitrogen and oxygen atoms in total. The third-order valence-corrected chi connectivity index (χ3v) is 3.50. The Bertz CT molecular complexity index is 581.